The van der Waals surface area contributed by atoms with Crippen LogP contribution in [0.3, 0.4) is 0 Å². The first-order valence-electron chi connectivity index (χ1n) is 8.70. The zero-order valence-corrected chi connectivity index (χ0v) is 16.8. The van der Waals surface area contributed by atoms with Crippen LogP contribution in [0.1, 0.15) is 35.3 Å². The Kier molecular flexibility index (Phi) is 7.99. The van der Waals surface area contributed by atoms with E-state index in [1.54, 1.807) is 38.1 Å². The maximum absolute atomic E-state index is 13.9. The number of hydrogen-bond acceptors (Lipinski definition) is 3. The molecule has 0 saturated carbocycles. The summed E-state index contributed by atoms with van der Waals surface area (Å²) in [7, 11) is 5.03. The smallest absolute Gasteiger partial charge is 0.320 e. The molecule has 0 radical (unpaired) electrons. The lowest BCUT2D eigenvalue weighted by Crippen LogP contribution is -2.34. The van der Waals surface area contributed by atoms with Gasteiger partial charge in [-0.15, -0.1) is 0 Å². The number of rotatable bonds is 4. The van der Waals surface area contributed by atoms with Crippen LogP contribution in [0.15, 0.2) is 36.4 Å². The van der Waals surface area contributed by atoms with Crippen molar-refractivity contribution < 1.29 is 22.4 Å². The van der Waals surface area contributed by atoms with Gasteiger partial charge in [0, 0.05) is 21.1 Å². The summed E-state index contributed by atoms with van der Waals surface area (Å²) in [5.74, 6) is -1.57. The van der Waals surface area contributed by atoms with E-state index in [9.17, 15) is 22.4 Å². The molecule has 2 aromatic carbocycles. The van der Waals surface area contributed by atoms with Gasteiger partial charge in [-0.2, -0.15) is 13.2 Å². The third-order valence-electron chi connectivity index (χ3n) is 3.89. The van der Waals surface area contributed by atoms with Crippen molar-refractivity contribution in [1.82, 2.24) is 5.01 Å². The molecule has 1 amide bonds. The van der Waals surface area contributed by atoms with Crippen LogP contribution >= 0.6 is 0 Å². The molecule has 0 aromatic heterocycles. The molecule has 2 aromatic rings. The number of carbonyl (C=O) groups is 1. The number of amides is 1. The maximum Gasteiger partial charge on any atom is 0.416 e. The van der Waals surface area contributed by atoms with Crippen LogP contribution in [0.25, 0.3) is 0 Å². The van der Waals surface area contributed by atoms with E-state index in [0.29, 0.717) is 11.3 Å². The first-order valence-corrected chi connectivity index (χ1v) is 8.70. The van der Waals surface area contributed by atoms with Gasteiger partial charge in [-0.1, -0.05) is 25.5 Å². The van der Waals surface area contributed by atoms with E-state index in [-0.39, 0.29) is 11.3 Å². The number of nitrogens with one attached hydrogen (secondary N) is 1. The fraction of sp³-hybridized carbons (Fsp3) is 0.350. The molecule has 154 valence electrons. The second-order valence-corrected chi connectivity index (χ2v) is 6.04. The van der Waals surface area contributed by atoms with Crippen molar-refractivity contribution in [2.45, 2.75) is 26.9 Å². The molecule has 2 rings (SSSR count). The van der Waals surface area contributed by atoms with Gasteiger partial charge in [0.25, 0.3) is 5.91 Å². The number of aryl methyl sites for hydroxylation is 1. The summed E-state index contributed by atoms with van der Waals surface area (Å²) in [5, 5.41) is 5.58. The average Bonchev–Trinajstić information content (AvgIpc) is 2.63. The highest BCUT2D eigenvalue weighted by Gasteiger charge is 2.31. The molecule has 0 unspecified atom stereocenters. The fourth-order valence-electron chi connectivity index (χ4n) is 2.31. The average molecular weight is 399 g/mol. The van der Waals surface area contributed by atoms with Crippen molar-refractivity contribution >= 4 is 17.3 Å². The molecule has 0 aliphatic carbocycles. The topological polar surface area (TPSA) is 35.6 Å². The first-order chi connectivity index (χ1) is 13.0. The Labute approximate surface area is 162 Å². The molecule has 0 bridgehead atoms. The van der Waals surface area contributed by atoms with Crippen LogP contribution in [0.2, 0.25) is 0 Å². The Balaban J connectivity index is 0.00000190. The van der Waals surface area contributed by atoms with E-state index in [1.165, 1.54) is 18.2 Å². The summed E-state index contributed by atoms with van der Waals surface area (Å²) >= 11 is 0. The number of hydrogen-bond donors (Lipinski definition) is 1. The summed E-state index contributed by atoms with van der Waals surface area (Å²) in [6.07, 6.45) is -4.57. The van der Waals surface area contributed by atoms with Gasteiger partial charge < -0.3 is 10.3 Å². The SMILES string of the molecule is CC.Cc1ccc(F)c(C(=O)Nc2cc(C(F)(F)F)ccc2N(C)N(C)C)c1. The van der Waals surface area contributed by atoms with Crippen molar-refractivity contribution in [3.8, 4) is 0 Å². The standard InChI is InChI=1S/C18H19F4N3O.C2H6/c1-11-5-7-14(19)13(9-11)17(26)23-15-10-12(18(20,21)22)6-8-16(15)25(4)24(2)3;1-2/h5-10H,1-4H3,(H,23,26);1-2H3. The van der Waals surface area contributed by atoms with Gasteiger partial charge in [0.2, 0.25) is 0 Å². The molecule has 8 heteroatoms. The molecular weight excluding hydrogens is 374 g/mol. The van der Waals surface area contributed by atoms with Crippen molar-refractivity contribution in [2.75, 3.05) is 31.5 Å². The molecule has 0 spiro atoms. The predicted molar refractivity (Wildman–Crippen MR) is 104 cm³/mol. The Morgan fingerprint density at radius 2 is 1.61 bits per heavy atom. The van der Waals surface area contributed by atoms with Crippen LogP contribution in [0, 0.1) is 12.7 Å². The highest BCUT2D eigenvalue weighted by molar-refractivity contribution is 6.06. The summed E-state index contributed by atoms with van der Waals surface area (Å²) in [4.78, 5) is 12.4. The summed E-state index contributed by atoms with van der Waals surface area (Å²) < 4.78 is 53.0. The summed E-state index contributed by atoms with van der Waals surface area (Å²) in [6.45, 7) is 5.69. The number of anilines is 2. The van der Waals surface area contributed by atoms with Crippen molar-refractivity contribution in [3.05, 3.63) is 58.9 Å². The number of hydrazine groups is 1. The minimum absolute atomic E-state index is 0.0677. The van der Waals surface area contributed by atoms with Crippen LogP contribution in [0.4, 0.5) is 28.9 Å². The fourth-order valence-corrected chi connectivity index (χ4v) is 2.31. The van der Waals surface area contributed by atoms with Crippen LogP contribution < -0.4 is 10.3 Å². The van der Waals surface area contributed by atoms with Crippen LogP contribution in [-0.4, -0.2) is 32.1 Å². The number of alkyl halides is 3. The number of benzene rings is 2. The highest BCUT2D eigenvalue weighted by atomic mass is 19.4. The zero-order chi connectivity index (χ0) is 21.6. The van der Waals surface area contributed by atoms with E-state index >= 15 is 0 Å². The quantitative estimate of drug-likeness (QED) is 0.557. The van der Waals surface area contributed by atoms with Gasteiger partial charge in [-0.05, 0) is 37.3 Å². The predicted octanol–water partition coefficient (Wildman–Crippen LogP) is 5.34. The number of carbonyl (C=O) groups excluding carboxylic acids is 1. The van der Waals surface area contributed by atoms with E-state index in [4.69, 9.17) is 0 Å². The first kappa shape index (κ1) is 23.4. The molecule has 0 aliphatic rings. The second-order valence-electron chi connectivity index (χ2n) is 6.04. The third kappa shape index (κ3) is 5.69. The molecular formula is C20H25F4N3O. The lowest BCUT2D eigenvalue weighted by Gasteiger charge is -2.29. The van der Waals surface area contributed by atoms with Crippen molar-refractivity contribution in [2.24, 2.45) is 0 Å². The van der Waals surface area contributed by atoms with Gasteiger partial charge in [-0.3, -0.25) is 4.79 Å². The van der Waals surface area contributed by atoms with Crippen molar-refractivity contribution in [1.29, 1.82) is 0 Å². The molecule has 0 fully saturated rings. The Bertz CT molecular complexity index is 820. The molecule has 4 nitrogen and oxygen atoms in total. The van der Waals surface area contributed by atoms with Gasteiger partial charge in [0.15, 0.2) is 0 Å². The van der Waals surface area contributed by atoms with Gasteiger partial charge in [0.1, 0.15) is 5.82 Å². The lowest BCUT2D eigenvalue weighted by atomic mass is 10.1. The summed E-state index contributed by atoms with van der Waals surface area (Å²) in [5.41, 5.74) is -0.216. The van der Waals surface area contributed by atoms with Gasteiger partial charge in [0.05, 0.1) is 22.5 Å². The normalized spacial score (nSPS) is 11.0. The lowest BCUT2D eigenvalue weighted by molar-refractivity contribution is -0.137. The van der Waals surface area contributed by atoms with E-state index in [2.05, 4.69) is 5.32 Å². The third-order valence-corrected chi connectivity index (χ3v) is 3.89. The molecule has 0 atom stereocenters. The minimum atomic E-state index is -4.57. The second kappa shape index (κ2) is 9.54. The minimum Gasteiger partial charge on any atom is -0.320 e. The molecule has 0 aliphatic heterocycles. The Morgan fingerprint density at radius 3 is 2.14 bits per heavy atom. The maximum atomic E-state index is 13.9. The van der Waals surface area contributed by atoms with Crippen molar-refractivity contribution in [3.63, 3.8) is 0 Å². The van der Waals surface area contributed by atoms with Crippen LogP contribution in [0.5, 0.6) is 0 Å². The number of nitrogens with zero attached hydrogens (tertiary/aromatic N) is 2. The van der Waals surface area contributed by atoms with Gasteiger partial charge in [-0.25, -0.2) is 9.40 Å². The molecule has 28 heavy (non-hydrogen) atoms. The molecule has 1 N–H and O–H groups in total. The number of halogens is 4. The van der Waals surface area contributed by atoms with Crippen LogP contribution in [-0.2, 0) is 6.18 Å². The zero-order valence-electron chi connectivity index (χ0n) is 16.8. The Hall–Kier alpha value is -2.61. The van der Waals surface area contributed by atoms with E-state index in [0.717, 1.165) is 18.2 Å². The monoisotopic (exact) mass is 399 g/mol. The van der Waals surface area contributed by atoms with Gasteiger partial charge >= 0.3 is 6.18 Å². The highest BCUT2D eigenvalue weighted by Crippen LogP contribution is 2.35. The molecule has 0 heterocycles. The Morgan fingerprint density at radius 1 is 1.00 bits per heavy atom. The summed E-state index contributed by atoms with van der Waals surface area (Å²) in [6, 6.07) is 7.00. The molecule has 0 saturated heterocycles. The van der Waals surface area contributed by atoms with E-state index in [1.807, 2.05) is 13.8 Å². The van der Waals surface area contributed by atoms with E-state index < -0.39 is 23.5 Å². The largest absolute Gasteiger partial charge is 0.416 e.